The lowest BCUT2D eigenvalue weighted by atomic mass is 9.79. The van der Waals surface area contributed by atoms with Gasteiger partial charge in [-0.05, 0) is 31.6 Å². The van der Waals surface area contributed by atoms with Crippen molar-refractivity contribution in [2.45, 2.75) is 45.1 Å². The Morgan fingerprint density at radius 2 is 1.94 bits per heavy atom. The molecule has 1 aliphatic rings. The van der Waals surface area contributed by atoms with Crippen LogP contribution < -0.4 is 0 Å². The average molecular weight is 226 g/mol. The van der Waals surface area contributed by atoms with Gasteiger partial charge in [0.05, 0.1) is 6.26 Å². The summed E-state index contributed by atoms with van der Waals surface area (Å²) < 4.78 is 9.95. The molecule has 0 aromatic heterocycles. The van der Waals surface area contributed by atoms with Gasteiger partial charge in [0, 0.05) is 6.92 Å². The van der Waals surface area contributed by atoms with Crippen molar-refractivity contribution in [3.05, 3.63) is 12.8 Å². The van der Waals surface area contributed by atoms with E-state index in [1.807, 2.05) is 0 Å². The molecule has 1 rings (SSSR count). The molecule has 0 saturated heterocycles. The molecule has 0 aromatic rings. The monoisotopic (exact) mass is 226 g/mol. The van der Waals surface area contributed by atoms with Crippen LogP contribution in [-0.2, 0) is 19.1 Å². The van der Waals surface area contributed by atoms with E-state index in [2.05, 4.69) is 13.5 Å². The minimum atomic E-state index is -1.09. The number of carbonyl (C=O) groups excluding carboxylic acids is 2. The third-order valence-corrected chi connectivity index (χ3v) is 2.98. The Hall–Kier alpha value is -1.32. The second-order valence-corrected chi connectivity index (χ2v) is 4.34. The van der Waals surface area contributed by atoms with Crippen molar-refractivity contribution in [3.8, 4) is 0 Å². The van der Waals surface area contributed by atoms with E-state index in [1.54, 1.807) is 0 Å². The molecule has 0 N–H and O–H groups in total. The molecule has 0 radical (unpaired) electrons. The lowest BCUT2D eigenvalue weighted by Gasteiger charge is -2.35. The fraction of sp³-hybridized carbons (Fsp3) is 0.667. The quantitative estimate of drug-likeness (QED) is 0.546. The van der Waals surface area contributed by atoms with Crippen molar-refractivity contribution >= 4 is 11.9 Å². The smallest absolute Gasteiger partial charge is 0.355 e. The lowest BCUT2D eigenvalue weighted by Crippen LogP contribution is -2.46. The lowest BCUT2D eigenvalue weighted by molar-refractivity contribution is -0.182. The fourth-order valence-corrected chi connectivity index (χ4v) is 2.03. The van der Waals surface area contributed by atoms with Crippen LogP contribution in [0.1, 0.15) is 39.5 Å². The average Bonchev–Trinajstić information content (AvgIpc) is 2.21. The normalized spacial score (nSPS) is 29.2. The first-order valence-corrected chi connectivity index (χ1v) is 5.52. The summed E-state index contributed by atoms with van der Waals surface area (Å²) in [6.07, 6.45) is 3.85. The van der Waals surface area contributed by atoms with E-state index in [4.69, 9.17) is 9.47 Å². The van der Waals surface area contributed by atoms with Gasteiger partial charge in [0.2, 0.25) is 5.60 Å². The predicted molar refractivity (Wildman–Crippen MR) is 58.4 cm³/mol. The van der Waals surface area contributed by atoms with Crippen molar-refractivity contribution in [2.24, 2.45) is 5.92 Å². The maximum atomic E-state index is 11.8. The predicted octanol–water partition coefficient (Wildman–Crippen LogP) is 2.19. The molecule has 90 valence electrons. The van der Waals surface area contributed by atoms with Gasteiger partial charge in [-0.25, -0.2) is 4.79 Å². The largest absolute Gasteiger partial charge is 0.447 e. The van der Waals surface area contributed by atoms with Crippen LogP contribution in [0.5, 0.6) is 0 Å². The molecule has 1 fully saturated rings. The van der Waals surface area contributed by atoms with Gasteiger partial charge in [-0.15, -0.1) is 0 Å². The minimum Gasteiger partial charge on any atom is -0.447 e. The van der Waals surface area contributed by atoms with Gasteiger partial charge >= 0.3 is 11.9 Å². The van der Waals surface area contributed by atoms with Crippen LogP contribution in [0.3, 0.4) is 0 Å². The molecular formula is C12H18O4. The minimum absolute atomic E-state index is 0.449. The van der Waals surface area contributed by atoms with E-state index in [0.717, 1.165) is 19.1 Å². The van der Waals surface area contributed by atoms with Crippen molar-refractivity contribution in [3.63, 3.8) is 0 Å². The zero-order valence-electron chi connectivity index (χ0n) is 9.82. The summed E-state index contributed by atoms with van der Waals surface area (Å²) in [6, 6.07) is 0. The molecule has 4 nitrogen and oxygen atoms in total. The van der Waals surface area contributed by atoms with Crippen LogP contribution >= 0.6 is 0 Å². The Kier molecular flexibility index (Phi) is 4.10. The number of carbonyl (C=O) groups is 2. The summed E-state index contributed by atoms with van der Waals surface area (Å²) in [5.74, 6) is -0.402. The Morgan fingerprint density at radius 3 is 2.38 bits per heavy atom. The molecule has 1 aliphatic carbocycles. The zero-order valence-corrected chi connectivity index (χ0v) is 9.82. The first-order valence-electron chi connectivity index (χ1n) is 5.52. The third kappa shape index (κ3) is 2.84. The van der Waals surface area contributed by atoms with Crippen molar-refractivity contribution in [2.75, 3.05) is 0 Å². The third-order valence-electron chi connectivity index (χ3n) is 2.98. The molecule has 0 aliphatic heterocycles. The number of ether oxygens (including phenoxy) is 2. The van der Waals surface area contributed by atoms with Gasteiger partial charge in [0.25, 0.3) is 0 Å². The molecule has 4 heteroatoms. The van der Waals surface area contributed by atoms with E-state index in [-0.39, 0.29) is 0 Å². The van der Waals surface area contributed by atoms with Gasteiger partial charge < -0.3 is 9.47 Å². The van der Waals surface area contributed by atoms with Crippen LogP contribution in [-0.4, -0.2) is 17.5 Å². The standard InChI is InChI=1S/C12H18O4/c1-4-15-11(14)12(16-10(3)13)7-5-9(2)6-8-12/h4,9H,1,5-8H2,2-3H3. The Labute approximate surface area is 95.6 Å². The summed E-state index contributed by atoms with van der Waals surface area (Å²) in [4.78, 5) is 22.8. The number of rotatable bonds is 3. The fourth-order valence-electron chi connectivity index (χ4n) is 2.03. The van der Waals surface area contributed by atoms with E-state index in [1.165, 1.54) is 6.92 Å². The SMILES string of the molecule is C=COC(=O)C1(OC(C)=O)CCC(C)CC1. The Morgan fingerprint density at radius 1 is 1.38 bits per heavy atom. The topological polar surface area (TPSA) is 52.6 Å². The number of hydrogen-bond donors (Lipinski definition) is 0. The van der Waals surface area contributed by atoms with Gasteiger partial charge in [-0.1, -0.05) is 13.5 Å². The first-order chi connectivity index (χ1) is 7.50. The van der Waals surface area contributed by atoms with E-state index < -0.39 is 17.5 Å². The molecular weight excluding hydrogens is 208 g/mol. The molecule has 0 unspecified atom stereocenters. The van der Waals surface area contributed by atoms with Crippen LogP contribution in [0.15, 0.2) is 12.8 Å². The van der Waals surface area contributed by atoms with Crippen LogP contribution in [0.4, 0.5) is 0 Å². The van der Waals surface area contributed by atoms with Crippen LogP contribution in [0, 0.1) is 5.92 Å². The van der Waals surface area contributed by atoms with Crippen LogP contribution in [0.25, 0.3) is 0 Å². The Balaban J connectivity index is 2.80. The van der Waals surface area contributed by atoms with E-state index in [0.29, 0.717) is 18.8 Å². The van der Waals surface area contributed by atoms with Gasteiger partial charge in [0.15, 0.2) is 0 Å². The molecule has 0 atom stereocenters. The van der Waals surface area contributed by atoms with Crippen molar-refractivity contribution < 1.29 is 19.1 Å². The van der Waals surface area contributed by atoms with Crippen LogP contribution in [0.2, 0.25) is 0 Å². The molecule has 1 saturated carbocycles. The molecule has 0 aromatic carbocycles. The highest BCUT2D eigenvalue weighted by atomic mass is 16.6. The molecule has 0 amide bonds. The maximum absolute atomic E-state index is 11.8. The second kappa shape index (κ2) is 5.14. The highest BCUT2D eigenvalue weighted by Crippen LogP contribution is 2.36. The summed E-state index contributed by atoms with van der Waals surface area (Å²) in [5, 5.41) is 0. The zero-order chi connectivity index (χ0) is 12.2. The summed E-state index contributed by atoms with van der Waals surface area (Å²) >= 11 is 0. The second-order valence-electron chi connectivity index (χ2n) is 4.34. The van der Waals surface area contributed by atoms with Crippen molar-refractivity contribution in [1.82, 2.24) is 0 Å². The number of hydrogen-bond acceptors (Lipinski definition) is 4. The highest BCUT2D eigenvalue weighted by Gasteiger charge is 2.45. The molecule has 0 spiro atoms. The summed E-state index contributed by atoms with van der Waals surface area (Å²) in [5.41, 5.74) is -1.09. The van der Waals surface area contributed by atoms with Gasteiger partial charge in [0.1, 0.15) is 0 Å². The summed E-state index contributed by atoms with van der Waals surface area (Å²) in [6.45, 7) is 6.77. The highest BCUT2D eigenvalue weighted by molar-refractivity contribution is 5.83. The van der Waals surface area contributed by atoms with E-state index >= 15 is 0 Å². The molecule has 0 heterocycles. The van der Waals surface area contributed by atoms with E-state index in [9.17, 15) is 9.59 Å². The summed E-state index contributed by atoms with van der Waals surface area (Å²) in [7, 11) is 0. The Bertz CT molecular complexity index is 287. The molecule has 16 heavy (non-hydrogen) atoms. The van der Waals surface area contributed by atoms with Crippen molar-refractivity contribution in [1.29, 1.82) is 0 Å². The molecule has 0 bridgehead atoms. The van der Waals surface area contributed by atoms with Gasteiger partial charge in [-0.3, -0.25) is 4.79 Å². The number of esters is 2. The first kappa shape index (κ1) is 12.7. The maximum Gasteiger partial charge on any atom is 0.355 e. The van der Waals surface area contributed by atoms with Gasteiger partial charge in [-0.2, -0.15) is 0 Å².